The van der Waals surface area contributed by atoms with Gasteiger partial charge in [-0.1, -0.05) is 6.07 Å². The highest BCUT2D eigenvalue weighted by Gasteiger charge is 2.11. The molecule has 1 amide bonds. The van der Waals surface area contributed by atoms with E-state index in [0.717, 1.165) is 4.88 Å². The van der Waals surface area contributed by atoms with Crippen molar-refractivity contribution in [3.8, 4) is 5.75 Å². The van der Waals surface area contributed by atoms with Gasteiger partial charge in [0.15, 0.2) is 0 Å². The summed E-state index contributed by atoms with van der Waals surface area (Å²) in [5, 5.41) is 14.5. The van der Waals surface area contributed by atoms with Gasteiger partial charge in [-0.15, -0.1) is 11.3 Å². The van der Waals surface area contributed by atoms with E-state index in [1.807, 2.05) is 17.5 Å². The van der Waals surface area contributed by atoms with Crippen molar-refractivity contribution in [2.24, 2.45) is 0 Å². The number of nitrogens with one attached hydrogen (secondary N) is 1. The molecule has 1 heterocycles. The molecular formula is C14H15NO3S. The minimum atomic E-state index is -0.665. The molecule has 100 valence electrons. The van der Waals surface area contributed by atoms with Gasteiger partial charge in [-0.2, -0.15) is 0 Å². The number of hydrogen-bond acceptors (Lipinski definition) is 4. The first kappa shape index (κ1) is 13.6. The van der Waals surface area contributed by atoms with Gasteiger partial charge in [0, 0.05) is 17.0 Å². The summed E-state index contributed by atoms with van der Waals surface area (Å²) in [4.78, 5) is 12.7. The Kier molecular flexibility index (Phi) is 4.54. The van der Waals surface area contributed by atoms with E-state index in [1.165, 1.54) is 11.3 Å². The predicted molar refractivity (Wildman–Crippen MR) is 74.6 cm³/mol. The Hall–Kier alpha value is -1.85. The normalized spacial score (nSPS) is 11.9. The molecule has 0 aliphatic rings. The lowest BCUT2D eigenvalue weighted by Crippen LogP contribution is -2.28. The number of methoxy groups -OCH3 is 1. The second-order valence-electron chi connectivity index (χ2n) is 3.97. The van der Waals surface area contributed by atoms with Crippen molar-refractivity contribution in [1.29, 1.82) is 0 Å². The summed E-state index contributed by atoms with van der Waals surface area (Å²) in [6.07, 6.45) is -0.665. The van der Waals surface area contributed by atoms with Crippen LogP contribution in [0.4, 0.5) is 0 Å². The SMILES string of the molecule is COc1ccc(C(=O)NCC(O)c2cccs2)cc1. The van der Waals surface area contributed by atoms with Gasteiger partial charge in [0.25, 0.3) is 5.91 Å². The minimum absolute atomic E-state index is 0.200. The highest BCUT2D eigenvalue weighted by molar-refractivity contribution is 7.10. The van der Waals surface area contributed by atoms with Crippen LogP contribution in [-0.4, -0.2) is 24.7 Å². The predicted octanol–water partition coefficient (Wildman–Crippen LogP) is 2.22. The van der Waals surface area contributed by atoms with Crippen LogP contribution in [0, 0.1) is 0 Å². The molecule has 0 fully saturated rings. The van der Waals surface area contributed by atoms with E-state index in [9.17, 15) is 9.90 Å². The Morgan fingerprint density at radius 1 is 1.37 bits per heavy atom. The number of amides is 1. The molecule has 4 nitrogen and oxygen atoms in total. The zero-order chi connectivity index (χ0) is 13.7. The molecule has 0 saturated carbocycles. The van der Waals surface area contributed by atoms with Gasteiger partial charge in [-0.05, 0) is 35.7 Å². The zero-order valence-corrected chi connectivity index (χ0v) is 11.3. The number of carbonyl (C=O) groups excluding carboxylic acids is 1. The Bertz CT molecular complexity index is 522. The Labute approximate surface area is 115 Å². The first-order valence-corrected chi connectivity index (χ1v) is 6.72. The molecule has 2 rings (SSSR count). The second-order valence-corrected chi connectivity index (χ2v) is 4.95. The summed E-state index contributed by atoms with van der Waals surface area (Å²) in [7, 11) is 1.58. The fraction of sp³-hybridized carbons (Fsp3) is 0.214. The number of aliphatic hydroxyl groups excluding tert-OH is 1. The standard InChI is InChI=1S/C14H15NO3S/c1-18-11-6-4-10(5-7-11)14(17)15-9-12(16)13-3-2-8-19-13/h2-8,12,16H,9H2,1H3,(H,15,17). The van der Waals surface area contributed by atoms with E-state index in [1.54, 1.807) is 31.4 Å². The van der Waals surface area contributed by atoms with Crippen molar-refractivity contribution in [2.75, 3.05) is 13.7 Å². The molecule has 1 aromatic heterocycles. The molecule has 5 heteroatoms. The molecule has 0 saturated heterocycles. The van der Waals surface area contributed by atoms with Crippen LogP contribution < -0.4 is 10.1 Å². The number of ether oxygens (including phenoxy) is 1. The van der Waals surface area contributed by atoms with Gasteiger partial charge in [0.2, 0.25) is 0 Å². The van der Waals surface area contributed by atoms with Gasteiger partial charge in [-0.25, -0.2) is 0 Å². The first-order valence-electron chi connectivity index (χ1n) is 5.84. The van der Waals surface area contributed by atoms with Gasteiger partial charge in [-0.3, -0.25) is 4.79 Å². The number of carbonyl (C=O) groups is 1. The summed E-state index contributed by atoms with van der Waals surface area (Å²) < 4.78 is 5.03. The number of rotatable bonds is 5. The molecule has 1 unspecified atom stereocenters. The molecule has 0 spiro atoms. The van der Waals surface area contributed by atoms with Crippen molar-refractivity contribution >= 4 is 17.2 Å². The first-order chi connectivity index (χ1) is 9.20. The van der Waals surface area contributed by atoms with Crippen LogP contribution in [0.1, 0.15) is 21.3 Å². The van der Waals surface area contributed by atoms with Crippen molar-refractivity contribution in [2.45, 2.75) is 6.10 Å². The Balaban J connectivity index is 1.90. The molecule has 0 aliphatic carbocycles. The summed E-state index contributed by atoms with van der Waals surface area (Å²) in [5.41, 5.74) is 0.541. The van der Waals surface area contributed by atoms with Crippen LogP contribution in [0.2, 0.25) is 0 Å². The minimum Gasteiger partial charge on any atom is -0.497 e. The molecule has 2 N–H and O–H groups in total. The highest BCUT2D eigenvalue weighted by Crippen LogP contribution is 2.18. The van der Waals surface area contributed by atoms with Crippen LogP contribution >= 0.6 is 11.3 Å². The quantitative estimate of drug-likeness (QED) is 0.881. The van der Waals surface area contributed by atoms with E-state index >= 15 is 0 Å². The molecular weight excluding hydrogens is 262 g/mol. The Morgan fingerprint density at radius 2 is 2.11 bits per heavy atom. The van der Waals surface area contributed by atoms with Gasteiger partial charge >= 0.3 is 0 Å². The molecule has 1 atom stereocenters. The van der Waals surface area contributed by atoms with E-state index in [2.05, 4.69) is 5.32 Å². The third-order valence-corrected chi connectivity index (χ3v) is 3.65. The summed E-state index contributed by atoms with van der Waals surface area (Å²) >= 11 is 1.47. The molecule has 0 radical (unpaired) electrons. The number of thiophene rings is 1. The van der Waals surface area contributed by atoms with E-state index in [0.29, 0.717) is 11.3 Å². The van der Waals surface area contributed by atoms with E-state index in [-0.39, 0.29) is 12.5 Å². The largest absolute Gasteiger partial charge is 0.497 e. The smallest absolute Gasteiger partial charge is 0.251 e. The molecule has 19 heavy (non-hydrogen) atoms. The average molecular weight is 277 g/mol. The zero-order valence-electron chi connectivity index (χ0n) is 10.5. The van der Waals surface area contributed by atoms with Gasteiger partial charge in [0.05, 0.1) is 7.11 Å². The van der Waals surface area contributed by atoms with Crippen molar-refractivity contribution < 1.29 is 14.6 Å². The fourth-order valence-corrected chi connectivity index (χ4v) is 2.33. The molecule has 2 aromatic rings. The van der Waals surface area contributed by atoms with E-state index in [4.69, 9.17) is 4.74 Å². The number of aliphatic hydroxyl groups is 1. The third-order valence-electron chi connectivity index (χ3n) is 2.68. The second kappa shape index (κ2) is 6.36. The average Bonchev–Trinajstić information content (AvgIpc) is 2.98. The Morgan fingerprint density at radius 3 is 2.68 bits per heavy atom. The molecule has 1 aromatic carbocycles. The van der Waals surface area contributed by atoms with Crippen molar-refractivity contribution in [3.63, 3.8) is 0 Å². The van der Waals surface area contributed by atoms with Crippen molar-refractivity contribution in [3.05, 3.63) is 52.2 Å². The summed E-state index contributed by atoms with van der Waals surface area (Å²) in [6, 6.07) is 10.5. The fourth-order valence-electron chi connectivity index (χ4n) is 1.62. The van der Waals surface area contributed by atoms with Gasteiger partial charge in [0.1, 0.15) is 11.9 Å². The van der Waals surface area contributed by atoms with Crippen molar-refractivity contribution in [1.82, 2.24) is 5.32 Å². The van der Waals surface area contributed by atoms with Gasteiger partial charge < -0.3 is 15.2 Å². The maximum absolute atomic E-state index is 11.9. The molecule has 0 aliphatic heterocycles. The van der Waals surface area contributed by atoms with Crippen LogP contribution in [0.25, 0.3) is 0 Å². The van der Waals surface area contributed by atoms with Crippen LogP contribution in [0.3, 0.4) is 0 Å². The number of hydrogen-bond donors (Lipinski definition) is 2. The van der Waals surface area contributed by atoms with E-state index < -0.39 is 6.10 Å². The van der Waals surface area contributed by atoms with Crippen LogP contribution in [-0.2, 0) is 0 Å². The lowest BCUT2D eigenvalue weighted by Gasteiger charge is -2.10. The number of benzene rings is 1. The highest BCUT2D eigenvalue weighted by atomic mass is 32.1. The summed E-state index contributed by atoms with van der Waals surface area (Å²) in [5.74, 6) is 0.494. The lowest BCUT2D eigenvalue weighted by atomic mass is 10.2. The van der Waals surface area contributed by atoms with Crippen LogP contribution in [0.15, 0.2) is 41.8 Å². The third kappa shape index (κ3) is 3.56. The lowest BCUT2D eigenvalue weighted by molar-refractivity contribution is 0.0918. The summed E-state index contributed by atoms with van der Waals surface area (Å²) in [6.45, 7) is 0.200. The monoisotopic (exact) mass is 277 g/mol. The topological polar surface area (TPSA) is 58.6 Å². The van der Waals surface area contributed by atoms with Crippen LogP contribution in [0.5, 0.6) is 5.75 Å². The maximum Gasteiger partial charge on any atom is 0.251 e. The molecule has 0 bridgehead atoms. The maximum atomic E-state index is 11.9.